The molecule has 0 unspecified atom stereocenters. The lowest BCUT2D eigenvalue weighted by Crippen LogP contribution is -2.42. The van der Waals surface area contributed by atoms with Crippen molar-refractivity contribution >= 4 is 44.9 Å². The number of thiocarbonyl (C=S) groups is 1. The molecule has 1 aromatic rings. The molecule has 80 valence electrons. The van der Waals surface area contributed by atoms with Crippen LogP contribution in [0.15, 0.2) is 28.7 Å². The lowest BCUT2D eigenvalue weighted by atomic mass is 10.3. The van der Waals surface area contributed by atoms with E-state index in [1.807, 2.05) is 24.3 Å². The van der Waals surface area contributed by atoms with Gasteiger partial charge in [0.1, 0.15) is 0 Å². The number of halogens is 1. The lowest BCUT2D eigenvalue weighted by molar-refractivity contribution is -0.119. The van der Waals surface area contributed by atoms with Crippen LogP contribution in [0.5, 0.6) is 0 Å². The first-order valence-electron chi connectivity index (χ1n) is 4.17. The second-order valence-corrected chi connectivity index (χ2v) is 4.09. The van der Waals surface area contributed by atoms with E-state index in [1.54, 1.807) is 0 Å². The molecule has 6 heteroatoms. The van der Waals surface area contributed by atoms with E-state index in [9.17, 15) is 4.79 Å². The smallest absolute Gasteiger partial charge is 0.235 e. The number of anilines is 1. The summed E-state index contributed by atoms with van der Waals surface area (Å²) in [6.45, 7) is 1.40. The van der Waals surface area contributed by atoms with Crippen molar-refractivity contribution in [2.75, 3.05) is 5.32 Å². The van der Waals surface area contributed by atoms with Crippen LogP contribution in [0.2, 0.25) is 0 Å². The molecular weight excluding hydrogens is 278 g/mol. The molecule has 4 nitrogen and oxygen atoms in total. The molecule has 0 saturated heterocycles. The third-order valence-electron chi connectivity index (χ3n) is 1.45. The Hall–Kier alpha value is -1.14. The van der Waals surface area contributed by atoms with Gasteiger partial charge in [0.15, 0.2) is 5.11 Å². The fraction of sp³-hybridized carbons (Fsp3) is 0.111. The Labute approximate surface area is 102 Å². The van der Waals surface area contributed by atoms with Gasteiger partial charge in [-0.1, -0.05) is 15.9 Å². The largest absolute Gasteiger partial charge is 0.331 e. The van der Waals surface area contributed by atoms with Gasteiger partial charge in [0.2, 0.25) is 5.91 Å². The molecule has 0 radical (unpaired) electrons. The molecule has 0 spiro atoms. The van der Waals surface area contributed by atoms with Gasteiger partial charge in [-0.2, -0.15) is 0 Å². The molecule has 15 heavy (non-hydrogen) atoms. The molecule has 0 aromatic heterocycles. The maximum Gasteiger partial charge on any atom is 0.235 e. The molecule has 1 aromatic carbocycles. The number of rotatable bonds is 1. The highest BCUT2D eigenvalue weighted by Gasteiger charge is 1.97. The molecule has 0 atom stereocenters. The normalized spacial score (nSPS) is 9.20. The monoisotopic (exact) mass is 287 g/mol. The van der Waals surface area contributed by atoms with Gasteiger partial charge in [-0.3, -0.25) is 15.6 Å². The van der Waals surface area contributed by atoms with Gasteiger partial charge in [-0.05, 0) is 36.5 Å². The SMILES string of the molecule is CC(=O)NNC(=S)Nc1ccc(Br)cc1. The summed E-state index contributed by atoms with van der Waals surface area (Å²) in [7, 11) is 0. The van der Waals surface area contributed by atoms with Crippen LogP contribution < -0.4 is 16.2 Å². The van der Waals surface area contributed by atoms with Crippen molar-refractivity contribution in [1.82, 2.24) is 10.9 Å². The molecule has 0 bridgehead atoms. The number of nitrogens with one attached hydrogen (secondary N) is 3. The fourth-order valence-corrected chi connectivity index (χ4v) is 1.27. The Morgan fingerprint density at radius 1 is 1.27 bits per heavy atom. The summed E-state index contributed by atoms with van der Waals surface area (Å²) >= 11 is 8.27. The van der Waals surface area contributed by atoms with E-state index in [0.717, 1.165) is 10.2 Å². The zero-order valence-electron chi connectivity index (χ0n) is 8.00. The average molecular weight is 288 g/mol. The van der Waals surface area contributed by atoms with E-state index in [4.69, 9.17) is 12.2 Å². The van der Waals surface area contributed by atoms with Crippen LogP contribution in [0.3, 0.4) is 0 Å². The van der Waals surface area contributed by atoms with Gasteiger partial charge in [0, 0.05) is 17.1 Å². The maximum absolute atomic E-state index is 10.6. The number of hydrogen-bond acceptors (Lipinski definition) is 2. The minimum absolute atomic E-state index is 0.199. The van der Waals surface area contributed by atoms with Crippen LogP contribution in [-0.4, -0.2) is 11.0 Å². The Balaban J connectivity index is 2.44. The van der Waals surface area contributed by atoms with E-state index in [2.05, 4.69) is 32.1 Å². The average Bonchev–Trinajstić information content (AvgIpc) is 2.19. The van der Waals surface area contributed by atoms with Gasteiger partial charge in [0.25, 0.3) is 0 Å². The third-order valence-corrected chi connectivity index (χ3v) is 2.19. The van der Waals surface area contributed by atoms with Crippen molar-refractivity contribution in [2.24, 2.45) is 0 Å². The zero-order chi connectivity index (χ0) is 11.3. The van der Waals surface area contributed by atoms with Crippen LogP contribution in [0, 0.1) is 0 Å². The Morgan fingerprint density at radius 3 is 2.40 bits per heavy atom. The predicted molar refractivity (Wildman–Crippen MR) is 67.3 cm³/mol. The van der Waals surface area contributed by atoms with Crippen molar-refractivity contribution in [3.8, 4) is 0 Å². The summed E-state index contributed by atoms with van der Waals surface area (Å²) in [4.78, 5) is 10.6. The van der Waals surface area contributed by atoms with Crippen LogP contribution in [0.25, 0.3) is 0 Å². The fourth-order valence-electron chi connectivity index (χ4n) is 0.840. The highest BCUT2D eigenvalue weighted by Crippen LogP contribution is 2.13. The molecule has 0 heterocycles. The quantitative estimate of drug-likeness (QED) is 0.545. The highest BCUT2D eigenvalue weighted by molar-refractivity contribution is 9.10. The Bertz CT molecular complexity index is 366. The van der Waals surface area contributed by atoms with Gasteiger partial charge >= 0.3 is 0 Å². The topological polar surface area (TPSA) is 53.2 Å². The van der Waals surface area contributed by atoms with E-state index < -0.39 is 0 Å². The van der Waals surface area contributed by atoms with Gasteiger partial charge in [-0.25, -0.2) is 0 Å². The van der Waals surface area contributed by atoms with Crippen LogP contribution in [0.4, 0.5) is 5.69 Å². The summed E-state index contributed by atoms with van der Waals surface area (Å²) < 4.78 is 0.994. The number of carbonyl (C=O) groups excluding carboxylic acids is 1. The number of amides is 1. The second-order valence-electron chi connectivity index (χ2n) is 2.77. The molecule has 0 aliphatic carbocycles. The van der Waals surface area contributed by atoms with Crippen molar-refractivity contribution < 1.29 is 4.79 Å². The first-order chi connectivity index (χ1) is 7.08. The minimum atomic E-state index is -0.199. The second kappa shape index (κ2) is 5.67. The molecule has 1 amide bonds. The van der Waals surface area contributed by atoms with Crippen molar-refractivity contribution in [2.45, 2.75) is 6.92 Å². The zero-order valence-corrected chi connectivity index (χ0v) is 10.4. The Kier molecular flexibility index (Phi) is 4.51. The van der Waals surface area contributed by atoms with E-state index in [-0.39, 0.29) is 5.91 Å². The maximum atomic E-state index is 10.6. The van der Waals surface area contributed by atoms with Gasteiger partial charge < -0.3 is 5.32 Å². The van der Waals surface area contributed by atoms with Gasteiger partial charge in [0.05, 0.1) is 0 Å². The lowest BCUT2D eigenvalue weighted by Gasteiger charge is -2.10. The standard InChI is InChI=1S/C9H10BrN3OS/c1-6(14)12-13-9(15)11-8-4-2-7(10)3-5-8/h2-5H,1H3,(H,12,14)(H2,11,13,15). The van der Waals surface area contributed by atoms with Crippen molar-refractivity contribution in [3.05, 3.63) is 28.7 Å². The van der Waals surface area contributed by atoms with Gasteiger partial charge in [-0.15, -0.1) is 0 Å². The molecule has 0 saturated carbocycles. The molecule has 0 aliphatic rings. The summed E-state index contributed by atoms with van der Waals surface area (Å²) in [6.07, 6.45) is 0. The third kappa shape index (κ3) is 4.75. The predicted octanol–water partition coefficient (Wildman–Crippen LogP) is 1.79. The first-order valence-corrected chi connectivity index (χ1v) is 5.37. The number of benzene rings is 1. The summed E-state index contributed by atoms with van der Waals surface area (Å²) in [6, 6.07) is 7.52. The molecule has 0 aliphatic heterocycles. The number of hydrogen-bond donors (Lipinski definition) is 3. The van der Waals surface area contributed by atoms with Crippen LogP contribution in [-0.2, 0) is 4.79 Å². The molecular formula is C9H10BrN3OS. The van der Waals surface area contributed by atoms with E-state index in [1.165, 1.54) is 6.92 Å². The van der Waals surface area contributed by atoms with Crippen LogP contribution in [0.1, 0.15) is 6.92 Å². The van der Waals surface area contributed by atoms with Crippen LogP contribution >= 0.6 is 28.1 Å². The minimum Gasteiger partial charge on any atom is -0.331 e. The molecule has 3 N–H and O–H groups in total. The summed E-state index contributed by atoms with van der Waals surface area (Å²) in [5.41, 5.74) is 5.78. The Morgan fingerprint density at radius 2 is 1.87 bits per heavy atom. The van der Waals surface area contributed by atoms with Crippen molar-refractivity contribution in [1.29, 1.82) is 0 Å². The first kappa shape index (κ1) is 11.9. The molecule has 0 fully saturated rings. The molecule has 1 rings (SSSR count). The van der Waals surface area contributed by atoms with E-state index >= 15 is 0 Å². The highest BCUT2D eigenvalue weighted by atomic mass is 79.9. The number of carbonyl (C=O) groups is 1. The van der Waals surface area contributed by atoms with E-state index in [0.29, 0.717) is 5.11 Å². The summed E-state index contributed by atoms with van der Waals surface area (Å²) in [5, 5.41) is 3.25. The summed E-state index contributed by atoms with van der Waals surface area (Å²) in [5.74, 6) is -0.199. The number of hydrazine groups is 1. The van der Waals surface area contributed by atoms with Crippen molar-refractivity contribution in [3.63, 3.8) is 0 Å².